The second-order valence-corrected chi connectivity index (χ2v) is 5.52. The van der Waals surface area contributed by atoms with E-state index in [1.54, 1.807) is 0 Å². The maximum atomic E-state index is 9.19. The largest absolute Gasteiger partial charge is 0.394 e. The Morgan fingerprint density at radius 1 is 1.19 bits per heavy atom. The highest BCUT2D eigenvalue weighted by atomic mass is 16.3. The van der Waals surface area contributed by atoms with Gasteiger partial charge in [0.1, 0.15) is 0 Å². The molecule has 1 aromatic rings. The lowest BCUT2D eigenvalue weighted by molar-refractivity contribution is 0.181. The van der Waals surface area contributed by atoms with Gasteiger partial charge in [-0.25, -0.2) is 0 Å². The summed E-state index contributed by atoms with van der Waals surface area (Å²) in [6, 6.07) is 4.07. The Bertz CT molecular complexity index is 320. The van der Waals surface area contributed by atoms with Crippen LogP contribution in [0.1, 0.15) is 33.3 Å². The second kappa shape index (κ2) is 4.93. The van der Waals surface area contributed by atoms with Crippen LogP contribution in [0, 0.1) is 0 Å². The quantitative estimate of drug-likeness (QED) is 0.797. The average molecular weight is 222 g/mol. The van der Waals surface area contributed by atoms with Gasteiger partial charge in [-0.3, -0.25) is 4.98 Å². The SMILES string of the molecule is CC(C)(CO)NCC(C)(C)c1ccncc1. The standard InChI is InChI=1S/C13H22N2O/c1-12(2,9-15-13(3,4)10-16)11-5-7-14-8-6-11/h5-8,15-16H,9-10H2,1-4H3. The van der Waals surface area contributed by atoms with Gasteiger partial charge in [-0.1, -0.05) is 13.8 Å². The third-order valence-corrected chi connectivity index (χ3v) is 2.87. The molecule has 3 heteroatoms. The molecule has 0 amide bonds. The minimum Gasteiger partial charge on any atom is -0.394 e. The molecule has 90 valence electrons. The lowest BCUT2D eigenvalue weighted by Gasteiger charge is -2.32. The highest BCUT2D eigenvalue weighted by Gasteiger charge is 2.24. The fraction of sp³-hybridized carbons (Fsp3) is 0.615. The predicted octanol–water partition coefficient (Wildman–Crippen LogP) is 1.72. The fourth-order valence-corrected chi connectivity index (χ4v) is 1.42. The normalized spacial score (nSPS) is 12.8. The summed E-state index contributed by atoms with van der Waals surface area (Å²) in [6.07, 6.45) is 3.63. The summed E-state index contributed by atoms with van der Waals surface area (Å²) in [5.41, 5.74) is 1.06. The van der Waals surface area contributed by atoms with E-state index in [0.717, 1.165) is 6.54 Å². The van der Waals surface area contributed by atoms with Crippen LogP contribution in [0.5, 0.6) is 0 Å². The Labute approximate surface area is 97.9 Å². The van der Waals surface area contributed by atoms with Crippen molar-refractivity contribution < 1.29 is 5.11 Å². The molecule has 1 heterocycles. The zero-order chi connectivity index (χ0) is 12.2. The molecule has 0 aliphatic rings. The van der Waals surface area contributed by atoms with Crippen LogP contribution in [-0.4, -0.2) is 28.8 Å². The van der Waals surface area contributed by atoms with Crippen molar-refractivity contribution in [1.82, 2.24) is 10.3 Å². The molecule has 0 aliphatic heterocycles. The van der Waals surface area contributed by atoms with Gasteiger partial charge in [0.2, 0.25) is 0 Å². The number of pyridine rings is 1. The monoisotopic (exact) mass is 222 g/mol. The van der Waals surface area contributed by atoms with Crippen LogP contribution in [0.15, 0.2) is 24.5 Å². The van der Waals surface area contributed by atoms with Crippen molar-refractivity contribution in [3.05, 3.63) is 30.1 Å². The van der Waals surface area contributed by atoms with Crippen molar-refractivity contribution >= 4 is 0 Å². The Hall–Kier alpha value is -0.930. The van der Waals surface area contributed by atoms with E-state index < -0.39 is 0 Å². The van der Waals surface area contributed by atoms with Gasteiger partial charge in [0.25, 0.3) is 0 Å². The highest BCUT2D eigenvalue weighted by molar-refractivity contribution is 5.21. The molecule has 1 rings (SSSR count). The van der Waals surface area contributed by atoms with E-state index in [-0.39, 0.29) is 17.6 Å². The highest BCUT2D eigenvalue weighted by Crippen LogP contribution is 2.22. The molecule has 0 fully saturated rings. The zero-order valence-electron chi connectivity index (χ0n) is 10.6. The van der Waals surface area contributed by atoms with Crippen LogP contribution in [0.4, 0.5) is 0 Å². The van der Waals surface area contributed by atoms with Gasteiger partial charge in [0.15, 0.2) is 0 Å². The summed E-state index contributed by atoms with van der Waals surface area (Å²) in [5, 5.41) is 12.6. The van der Waals surface area contributed by atoms with E-state index in [2.05, 4.69) is 24.1 Å². The van der Waals surface area contributed by atoms with Crippen molar-refractivity contribution in [2.24, 2.45) is 0 Å². The molecule has 0 radical (unpaired) electrons. The van der Waals surface area contributed by atoms with E-state index in [1.165, 1.54) is 5.56 Å². The molecule has 3 nitrogen and oxygen atoms in total. The molecule has 0 saturated carbocycles. The summed E-state index contributed by atoms with van der Waals surface area (Å²) in [6.45, 7) is 9.32. The number of aliphatic hydroxyl groups excluding tert-OH is 1. The van der Waals surface area contributed by atoms with Crippen molar-refractivity contribution in [3.63, 3.8) is 0 Å². The van der Waals surface area contributed by atoms with Gasteiger partial charge >= 0.3 is 0 Å². The summed E-state index contributed by atoms with van der Waals surface area (Å²) in [4.78, 5) is 4.02. The summed E-state index contributed by atoms with van der Waals surface area (Å²) in [7, 11) is 0. The molecule has 0 atom stereocenters. The van der Waals surface area contributed by atoms with E-state index in [1.807, 2.05) is 38.4 Å². The van der Waals surface area contributed by atoms with E-state index in [0.29, 0.717) is 0 Å². The maximum absolute atomic E-state index is 9.19. The molecule has 0 aromatic carbocycles. The van der Waals surface area contributed by atoms with Gasteiger partial charge in [-0.05, 0) is 31.5 Å². The number of hydrogen-bond donors (Lipinski definition) is 2. The summed E-state index contributed by atoms with van der Waals surface area (Å²) < 4.78 is 0. The first kappa shape index (κ1) is 13.1. The lowest BCUT2D eigenvalue weighted by atomic mass is 9.84. The maximum Gasteiger partial charge on any atom is 0.0607 e. The molecule has 0 bridgehead atoms. The smallest absolute Gasteiger partial charge is 0.0607 e. The summed E-state index contributed by atoms with van der Waals surface area (Å²) in [5.74, 6) is 0. The zero-order valence-corrected chi connectivity index (χ0v) is 10.6. The number of hydrogen-bond acceptors (Lipinski definition) is 3. The third kappa shape index (κ3) is 3.58. The number of nitrogens with zero attached hydrogens (tertiary/aromatic N) is 1. The van der Waals surface area contributed by atoms with Crippen LogP contribution >= 0.6 is 0 Å². The Kier molecular flexibility index (Phi) is 4.05. The molecule has 0 saturated heterocycles. The van der Waals surface area contributed by atoms with Crippen LogP contribution in [-0.2, 0) is 5.41 Å². The van der Waals surface area contributed by atoms with Crippen LogP contribution < -0.4 is 5.32 Å². The Morgan fingerprint density at radius 3 is 2.25 bits per heavy atom. The average Bonchev–Trinajstić information content (AvgIpc) is 2.28. The number of rotatable bonds is 5. The minimum absolute atomic E-state index is 0.0371. The lowest BCUT2D eigenvalue weighted by Crippen LogP contribution is -2.48. The van der Waals surface area contributed by atoms with E-state index >= 15 is 0 Å². The third-order valence-electron chi connectivity index (χ3n) is 2.87. The Morgan fingerprint density at radius 2 is 1.75 bits per heavy atom. The first-order valence-corrected chi connectivity index (χ1v) is 5.64. The van der Waals surface area contributed by atoms with E-state index in [9.17, 15) is 5.11 Å². The number of nitrogens with one attached hydrogen (secondary N) is 1. The fourth-order valence-electron chi connectivity index (χ4n) is 1.42. The Balaban J connectivity index is 2.66. The molecule has 1 aromatic heterocycles. The topological polar surface area (TPSA) is 45.1 Å². The molecule has 2 N–H and O–H groups in total. The second-order valence-electron chi connectivity index (χ2n) is 5.52. The number of aromatic nitrogens is 1. The van der Waals surface area contributed by atoms with Crippen LogP contribution in [0.25, 0.3) is 0 Å². The van der Waals surface area contributed by atoms with Crippen molar-refractivity contribution in [2.75, 3.05) is 13.2 Å². The van der Waals surface area contributed by atoms with Gasteiger partial charge < -0.3 is 10.4 Å². The first-order chi connectivity index (χ1) is 7.37. The summed E-state index contributed by atoms with van der Waals surface area (Å²) >= 11 is 0. The van der Waals surface area contributed by atoms with Gasteiger partial charge in [-0.2, -0.15) is 0 Å². The van der Waals surface area contributed by atoms with Crippen molar-refractivity contribution in [3.8, 4) is 0 Å². The molecule has 0 aliphatic carbocycles. The first-order valence-electron chi connectivity index (χ1n) is 5.64. The van der Waals surface area contributed by atoms with Crippen molar-refractivity contribution in [2.45, 2.75) is 38.6 Å². The molecule has 16 heavy (non-hydrogen) atoms. The van der Waals surface area contributed by atoms with E-state index in [4.69, 9.17) is 0 Å². The molecule has 0 spiro atoms. The predicted molar refractivity (Wildman–Crippen MR) is 66.4 cm³/mol. The molecule has 0 unspecified atom stereocenters. The van der Waals surface area contributed by atoms with Gasteiger partial charge in [0, 0.05) is 29.9 Å². The van der Waals surface area contributed by atoms with Crippen LogP contribution in [0.3, 0.4) is 0 Å². The molecular formula is C13H22N2O. The van der Waals surface area contributed by atoms with Gasteiger partial charge in [0.05, 0.1) is 6.61 Å². The van der Waals surface area contributed by atoms with Crippen molar-refractivity contribution in [1.29, 1.82) is 0 Å². The minimum atomic E-state index is -0.232. The number of aliphatic hydroxyl groups is 1. The van der Waals surface area contributed by atoms with Gasteiger partial charge in [-0.15, -0.1) is 0 Å². The molecular weight excluding hydrogens is 200 g/mol. The van der Waals surface area contributed by atoms with Crippen LogP contribution in [0.2, 0.25) is 0 Å².